The highest BCUT2D eigenvalue weighted by Gasteiger charge is 2.24. The number of amides is 1. The number of nitrogens with one attached hydrogen (secondary N) is 1. The monoisotopic (exact) mass is 864 g/mol. The Morgan fingerprint density at radius 2 is 0.689 bits per heavy atom. The fraction of sp³-hybridized carbons (Fsp3) is 0.964. The number of aliphatic hydroxyl groups is 2. The largest absolute Gasteiger partial charge is 0.462 e. The lowest BCUT2D eigenvalue weighted by Crippen LogP contribution is -2.46. The van der Waals surface area contributed by atoms with Gasteiger partial charge in [0.25, 0.3) is 0 Å². The van der Waals surface area contributed by atoms with Crippen LogP contribution in [0.15, 0.2) is 0 Å². The van der Waals surface area contributed by atoms with E-state index < -0.39 is 18.2 Å². The Kier molecular flexibility index (Phi) is 48.9. The van der Waals surface area contributed by atoms with E-state index in [0.29, 0.717) is 19.3 Å². The number of hydrogen-bond acceptors (Lipinski definition) is 5. The van der Waals surface area contributed by atoms with Crippen LogP contribution < -0.4 is 5.32 Å². The number of carbonyl (C=O) groups is 2. The van der Waals surface area contributed by atoms with E-state index in [1.807, 2.05) is 0 Å². The number of ether oxygens (including phenoxy) is 1. The lowest BCUT2D eigenvalue weighted by atomic mass is 10.0. The highest BCUT2D eigenvalue weighted by Crippen LogP contribution is 2.19. The topological polar surface area (TPSA) is 95.9 Å². The Morgan fingerprint density at radius 1 is 0.410 bits per heavy atom. The molecule has 0 saturated carbocycles. The summed E-state index contributed by atoms with van der Waals surface area (Å²) in [5.74, 6) is -0.448. The maximum Gasteiger partial charge on any atom is 0.306 e. The molecule has 0 spiro atoms. The molecule has 3 unspecified atom stereocenters. The van der Waals surface area contributed by atoms with E-state index in [4.69, 9.17) is 4.74 Å². The van der Waals surface area contributed by atoms with Crippen LogP contribution in [0.3, 0.4) is 0 Å². The van der Waals surface area contributed by atoms with Crippen LogP contribution in [-0.4, -0.2) is 46.9 Å². The van der Waals surface area contributed by atoms with Crippen molar-refractivity contribution in [1.29, 1.82) is 0 Å². The number of unbranched alkanes of at least 4 members (excludes halogenated alkanes) is 39. The van der Waals surface area contributed by atoms with Crippen LogP contribution in [0.4, 0.5) is 0 Å². The Morgan fingerprint density at radius 3 is 1.00 bits per heavy atom. The van der Waals surface area contributed by atoms with E-state index in [1.54, 1.807) is 0 Å². The van der Waals surface area contributed by atoms with Crippen LogP contribution in [0.25, 0.3) is 0 Å². The molecule has 1 amide bonds. The summed E-state index contributed by atoms with van der Waals surface area (Å²) in [6.45, 7) is 6.51. The van der Waals surface area contributed by atoms with Crippen LogP contribution in [0, 0.1) is 0 Å². The molecule has 0 saturated heterocycles. The fourth-order valence-corrected chi connectivity index (χ4v) is 8.96. The summed E-state index contributed by atoms with van der Waals surface area (Å²) in [7, 11) is 0. The van der Waals surface area contributed by atoms with Crippen molar-refractivity contribution >= 4 is 11.9 Å². The van der Waals surface area contributed by atoms with Gasteiger partial charge in [0, 0.05) is 6.42 Å². The lowest BCUT2D eigenvalue weighted by molar-refractivity contribution is -0.151. The Bertz CT molecular complexity index is 882. The van der Waals surface area contributed by atoms with Crippen LogP contribution in [-0.2, 0) is 14.3 Å². The number of esters is 1. The van der Waals surface area contributed by atoms with Gasteiger partial charge in [-0.05, 0) is 25.7 Å². The maximum absolute atomic E-state index is 13.2. The van der Waals surface area contributed by atoms with Crippen molar-refractivity contribution in [2.75, 3.05) is 6.61 Å². The van der Waals surface area contributed by atoms with Crippen molar-refractivity contribution < 1.29 is 24.5 Å². The predicted octanol–water partition coefficient (Wildman–Crippen LogP) is 16.7. The first kappa shape index (κ1) is 59.9. The van der Waals surface area contributed by atoms with Gasteiger partial charge in [-0.15, -0.1) is 0 Å². The van der Waals surface area contributed by atoms with E-state index in [-0.39, 0.29) is 24.9 Å². The molecule has 0 bridgehead atoms. The molecule has 0 aliphatic heterocycles. The van der Waals surface area contributed by atoms with Crippen LogP contribution >= 0.6 is 0 Å². The molecule has 0 aliphatic carbocycles. The number of aliphatic hydroxyl groups excluding tert-OH is 2. The smallest absolute Gasteiger partial charge is 0.306 e. The summed E-state index contributed by atoms with van der Waals surface area (Å²) in [6.07, 6.45) is 54.6. The molecular weight excluding hydrogens is 755 g/mol. The van der Waals surface area contributed by atoms with Crippen molar-refractivity contribution in [2.24, 2.45) is 0 Å². The van der Waals surface area contributed by atoms with Gasteiger partial charge < -0.3 is 20.3 Å². The van der Waals surface area contributed by atoms with Crippen molar-refractivity contribution in [3.05, 3.63) is 0 Å². The van der Waals surface area contributed by atoms with Crippen molar-refractivity contribution in [3.63, 3.8) is 0 Å². The number of hydrogen-bond donors (Lipinski definition) is 3. The molecule has 0 heterocycles. The molecule has 61 heavy (non-hydrogen) atoms. The van der Waals surface area contributed by atoms with Gasteiger partial charge >= 0.3 is 5.97 Å². The summed E-state index contributed by atoms with van der Waals surface area (Å²) in [6, 6.07) is -0.691. The first-order valence-corrected chi connectivity index (χ1v) is 27.8. The summed E-state index contributed by atoms with van der Waals surface area (Å²) in [4.78, 5) is 26.2. The van der Waals surface area contributed by atoms with Crippen LogP contribution in [0.5, 0.6) is 0 Å². The summed E-state index contributed by atoms with van der Waals surface area (Å²) in [5.41, 5.74) is 0. The molecule has 6 nitrogen and oxygen atoms in total. The number of rotatable bonds is 51. The first-order chi connectivity index (χ1) is 30.0. The molecule has 3 atom stereocenters. The molecule has 0 fully saturated rings. The average molecular weight is 864 g/mol. The lowest BCUT2D eigenvalue weighted by Gasteiger charge is -2.24. The van der Waals surface area contributed by atoms with E-state index >= 15 is 0 Å². The van der Waals surface area contributed by atoms with Crippen LogP contribution in [0.1, 0.15) is 316 Å². The molecule has 3 N–H and O–H groups in total. The Balaban J connectivity index is 4.45. The third-order valence-electron chi connectivity index (χ3n) is 13.2. The third kappa shape index (κ3) is 45.2. The minimum Gasteiger partial charge on any atom is -0.462 e. The van der Waals surface area contributed by atoms with E-state index in [9.17, 15) is 19.8 Å². The quantitative estimate of drug-likeness (QED) is 0.0418. The van der Waals surface area contributed by atoms with Gasteiger partial charge in [-0.3, -0.25) is 9.59 Å². The van der Waals surface area contributed by atoms with E-state index in [0.717, 1.165) is 38.5 Å². The molecular formula is C55H109NO5. The highest BCUT2D eigenvalue weighted by molar-refractivity contribution is 5.77. The molecule has 0 aromatic rings. The molecule has 0 aromatic heterocycles. The van der Waals surface area contributed by atoms with Gasteiger partial charge in [0.15, 0.2) is 0 Å². The molecule has 0 rings (SSSR count). The molecule has 0 aromatic carbocycles. The van der Waals surface area contributed by atoms with Gasteiger partial charge in [0.05, 0.1) is 25.2 Å². The summed E-state index contributed by atoms with van der Waals surface area (Å²) < 4.78 is 5.96. The van der Waals surface area contributed by atoms with Crippen LogP contribution in [0.2, 0.25) is 0 Å². The molecule has 0 radical (unpaired) electrons. The second-order valence-electron chi connectivity index (χ2n) is 19.4. The second kappa shape index (κ2) is 49.9. The van der Waals surface area contributed by atoms with Gasteiger partial charge in [0.1, 0.15) is 6.10 Å². The highest BCUT2D eigenvalue weighted by atomic mass is 16.5. The average Bonchev–Trinajstić information content (AvgIpc) is 3.25. The maximum atomic E-state index is 13.2. The minimum absolute atomic E-state index is 0.0880. The molecule has 6 heteroatoms. The Hall–Kier alpha value is -1.14. The zero-order valence-electron chi connectivity index (χ0n) is 41.6. The standard InChI is InChI=1S/C55H109NO5/c1-4-7-10-13-16-19-21-23-25-26-27-29-31-33-36-39-42-45-48-55(60)61-51(46-43-40-37-35-32-30-28-24-22-20-17-14-11-8-5-2)49-54(59)56-52(50-57)53(58)47-44-41-38-34-18-15-12-9-6-3/h51-53,57-58H,4-50H2,1-3H3,(H,56,59). The van der Waals surface area contributed by atoms with Crippen molar-refractivity contribution in [2.45, 2.75) is 334 Å². The minimum atomic E-state index is -0.778. The zero-order valence-corrected chi connectivity index (χ0v) is 41.6. The second-order valence-corrected chi connectivity index (χ2v) is 19.4. The summed E-state index contributed by atoms with van der Waals surface area (Å²) in [5, 5.41) is 23.7. The normalized spacial score (nSPS) is 13.1. The third-order valence-corrected chi connectivity index (χ3v) is 13.2. The van der Waals surface area contributed by atoms with E-state index in [1.165, 1.54) is 231 Å². The molecule has 364 valence electrons. The molecule has 0 aliphatic rings. The predicted molar refractivity (Wildman–Crippen MR) is 264 cm³/mol. The van der Waals surface area contributed by atoms with E-state index in [2.05, 4.69) is 26.1 Å². The van der Waals surface area contributed by atoms with Gasteiger partial charge in [0.2, 0.25) is 5.91 Å². The van der Waals surface area contributed by atoms with Gasteiger partial charge in [-0.1, -0.05) is 278 Å². The van der Waals surface area contributed by atoms with Crippen molar-refractivity contribution in [3.8, 4) is 0 Å². The fourth-order valence-electron chi connectivity index (χ4n) is 8.96. The van der Waals surface area contributed by atoms with Gasteiger partial charge in [-0.25, -0.2) is 0 Å². The number of carbonyl (C=O) groups excluding carboxylic acids is 2. The SMILES string of the molecule is CCCCCCCCCCCCCCCCCCCCC(=O)OC(CCCCCCCCCCCCCCCCC)CC(=O)NC(CO)C(O)CCCCCCCCCCC. The Labute approximate surface area is 381 Å². The zero-order chi connectivity index (χ0) is 44.5. The van der Waals surface area contributed by atoms with Crippen molar-refractivity contribution in [1.82, 2.24) is 5.32 Å². The van der Waals surface area contributed by atoms with Gasteiger partial charge in [-0.2, -0.15) is 0 Å². The first-order valence-electron chi connectivity index (χ1n) is 27.8. The summed E-state index contributed by atoms with van der Waals surface area (Å²) >= 11 is 0.